The molecule has 1 heterocycles. The van der Waals surface area contributed by atoms with Crippen LogP contribution in [-0.4, -0.2) is 30.6 Å². The smallest absolute Gasteiger partial charge is 0.270 e. The standard InChI is InChI=1S/C21H15BrN2O4S/c1-3-9-28-18-16(22)11-13(12-17(18)27-2)10-15-19(25)23-21(29)24(20(15)26)14-7-5-4-6-8-14/h1,4-8,10-12H,9H2,2H3,(H,23,25,29)/b15-10+. The second-order valence-corrected chi connectivity index (χ2v) is 7.06. The van der Waals surface area contributed by atoms with Crippen molar-refractivity contribution in [1.29, 1.82) is 0 Å². The third-order valence-electron chi connectivity index (χ3n) is 3.98. The van der Waals surface area contributed by atoms with Gasteiger partial charge in [0.2, 0.25) is 0 Å². The van der Waals surface area contributed by atoms with Crippen LogP contribution in [0.3, 0.4) is 0 Å². The van der Waals surface area contributed by atoms with E-state index >= 15 is 0 Å². The van der Waals surface area contributed by atoms with Crippen LogP contribution in [0, 0.1) is 12.3 Å². The molecule has 0 bridgehead atoms. The highest BCUT2D eigenvalue weighted by atomic mass is 79.9. The first-order chi connectivity index (χ1) is 14.0. The lowest BCUT2D eigenvalue weighted by atomic mass is 10.1. The molecule has 8 heteroatoms. The molecule has 29 heavy (non-hydrogen) atoms. The van der Waals surface area contributed by atoms with Gasteiger partial charge in [-0.1, -0.05) is 24.1 Å². The molecule has 1 N–H and O–H groups in total. The fourth-order valence-corrected chi connectivity index (χ4v) is 3.57. The molecule has 2 amide bonds. The zero-order valence-electron chi connectivity index (χ0n) is 15.3. The molecule has 0 aliphatic carbocycles. The summed E-state index contributed by atoms with van der Waals surface area (Å²) < 4.78 is 11.4. The maximum absolute atomic E-state index is 13.0. The topological polar surface area (TPSA) is 67.9 Å². The van der Waals surface area contributed by atoms with Gasteiger partial charge in [0.1, 0.15) is 12.2 Å². The Balaban J connectivity index is 2.01. The first-order valence-corrected chi connectivity index (χ1v) is 9.56. The Morgan fingerprint density at radius 2 is 2.00 bits per heavy atom. The molecule has 1 aliphatic rings. The summed E-state index contributed by atoms with van der Waals surface area (Å²) in [7, 11) is 1.48. The van der Waals surface area contributed by atoms with Gasteiger partial charge in [-0.15, -0.1) is 6.42 Å². The molecule has 146 valence electrons. The minimum Gasteiger partial charge on any atom is -0.493 e. The second kappa shape index (κ2) is 8.90. The lowest BCUT2D eigenvalue weighted by molar-refractivity contribution is -0.122. The van der Waals surface area contributed by atoms with Crippen molar-refractivity contribution in [2.75, 3.05) is 18.6 Å². The molecule has 0 atom stereocenters. The number of hydrogen-bond acceptors (Lipinski definition) is 5. The number of para-hydroxylation sites is 1. The maximum atomic E-state index is 13.0. The molecule has 1 aliphatic heterocycles. The summed E-state index contributed by atoms with van der Waals surface area (Å²) in [6, 6.07) is 12.2. The highest BCUT2D eigenvalue weighted by Gasteiger charge is 2.34. The van der Waals surface area contributed by atoms with E-state index in [1.807, 2.05) is 6.07 Å². The van der Waals surface area contributed by atoms with Crippen LogP contribution in [0.1, 0.15) is 5.56 Å². The molecule has 2 aromatic carbocycles. The Morgan fingerprint density at radius 3 is 2.66 bits per heavy atom. The van der Waals surface area contributed by atoms with Gasteiger partial charge in [-0.25, -0.2) is 0 Å². The number of halogens is 1. The van der Waals surface area contributed by atoms with E-state index in [0.717, 1.165) is 0 Å². The number of carbonyl (C=O) groups is 2. The average molecular weight is 471 g/mol. The van der Waals surface area contributed by atoms with Crippen molar-refractivity contribution < 1.29 is 19.1 Å². The molecule has 0 aromatic heterocycles. The number of nitrogens with one attached hydrogen (secondary N) is 1. The number of benzene rings is 2. The van der Waals surface area contributed by atoms with Crippen LogP contribution in [0.5, 0.6) is 11.5 Å². The summed E-state index contributed by atoms with van der Waals surface area (Å²) in [4.78, 5) is 26.7. The second-order valence-electron chi connectivity index (χ2n) is 5.82. The van der Waals surface area contributed by atoms with Crippen LogP contribution in [0.15, 0.2) is 52.5 Å². The van der Waals surface area contributed by atoms with Crippen molar-refractivity contribution in [3.8, 4) is 23.8 Å². The van der Waals surface area contributed by atoms with E-state index < -0.39 is 11.8 Å². The third-order valence-corrected chi connectivity index (χ3v) is 4.85. The van der Waals surface area contributed by atoms with Crippen LogP contribution in [0.2, 0.25) is 0 Å². The van der Waals surface area contributed by atoms with Crippen molar-refractivity contribution in [2.24, 2.45) is 0 Å². The van der Waals surface area contributed by atoms with E-state index in [0.29, 0.717) is 27.2 Å². The number of methoxy groups -OCH3 is 1. The first-order valence-electron chi connectivity index (χ1n) is 8.36. The van der Waals surface area contributed by atoms with Gasteiger partial charge in [0.05, 0.1) is 17.3 Å². The van der Waals surface area contributed by atoms with E-state index in [1.54, 1.807) is 36.4 Å². The minimum absolute atomic E-state index is 0.0279. The fraction of sp³-hybridized carbons (Fsp3) is 0.0952. The number of anilines is 1. The number of ether oxygens (including phenoxy) is 2. The summed E-state index contributed by atoms with van der Waals surface area (Å²) in [6.07, 6.45) is 6.70. The number of rotatable bonds is 5. The minimum atomic E-state index is -0.574. The van der Waals surface area contributed by atoms with Crippen molar-refractivity contribution in [2.45, 2.75) is 0 Å². The van der Waals surface area contributed by atoms with Crippen LogP contribution < -0.4 is 19.7 Å². The van der Waals surface area contributed by atoms with Crippen molar-refractivity contribution in [3.63, 3.8) is 0 Å². The summed E-state index contributed by atoms with van der Waals surface area (Å²) in [6.45, 7) is 0.0692. The first kappa shape index (κ1) is 20.6. The Morgan fingerprint density at radius 1 is 1.28 bits per heavy atom. The highest BCUT2D eigenvalue weighted by Crippen LogP contribution is 2.37. The average Bonchev–Trinajstić information content (AvgIpc) is 2.70. The Bertz CT molecular complexity index is 1060. The van der Waals surface area contributed by atoms with Crippen molar-refractivity contribution in [1.82, 2.24) is 5.32 Å². The van der Waals surface area contributed by atoms with Gasteiger partial charge in [-0.05, 0) is 64.1 Å². The van der Waals surface area contributed by atoms with Gasteiger partial charge in [-0.2, -0.15) is 0 Å². The van der Waals surface area contributed by atoms with E-state index in [1.165, 1.54) is 18.1 Å². The van der Waals surface area contributed by atoms with E-state index in [4.69, 9.17) is 28.1 Å². The number of amides is 2. The number of nitrogens with zero attached hydrogens (tertiary/aromatic N) is 1. The number of thiocarbonyl (C=S) groups is 1. The van der Waals surface area contributed by atoms with Crippen LogP contribution in [0.25, 0.3) is 6.08 Å². The molecule has 1 fully saturated rings. The van der Waals surface area contributed by atoms with Gasteiger partial charge in [0.15, 0.2) is 16.6 Å². The Labute approximate surface area is 181 Å². The highest BCUT2D eigenvalue weighted by molar-refractivity contribution is 9.10. The lowest BCUT2D eigenvalue weighted by Gasteiger charge is -2.28. The number of hydrogen-bond donors (Lipinski definition) is 1. The van der Waals surface area contributed by atoms with Crippen LogP contribution in [0.4, 0.5) is 5.69 Å². The quantitative estimate of drug-likeness (QED) is 0.314. The monoisotopic (exact) mass is 470 g/mol. The normalized spacial score (nSPS) is 15.1. The molecule has 6 nitrogen and oxygen atoms in total. The SMILES string of the molecule is C#CCOc1c(Br)cc(/C=C2\C(=O)NC(=S)N(c3ccccc3)C2=O)cc1OC. The molecule has 1 saturated heterocycles. The van der Waals surface area contributed by atoms with Gasteiger partial charge in [0, 0.05) is 0 Å². The Kier molecular flexibility index (Phi) is 6.32. The van der Waals surface area contributed by atoms with Gasteiger partial charge < -0.3 is 9.47 Å². The summed E-state index contributed by atoms with van der Waals surface area (Å²) in [5.41, 5.74) is 1.06. The number of carbonyl (C=O) groups excluding carboxylic acids is 2. The van der Waals surface area contributed by atoms with E-state index in [9.17, 15) is 9.59 Å². The van der Waals surface area contributed by atoms with Crippen molar-refractivity contribution >= 4 is 56.8 Å². The zero-order chi connectivity index (χ0) is 21.0. The predicted octanol–water partition coefficient (Wildman–Crippen LogP) is 3.30. The third kappa shape index (κ3) is 4.31. The lowest BCUT2D eigenvalue weighted by Crippen LogP contribution is -2.54. The van der Waals surface area contributed by atoms with E-state index in [2.05, 4.69) is 27.2 Å². The molecule has 3 rings (SSSR count). The molecular formula is C21H15BrN2O4S. The van der Waals surface area contributed by atoms with Gasteiger partial charge in [0.25, 0.3) is 11.8 Å². The zero-order valence-corrected chi connectivity index (χ0v) is 17.7. The summed E-state index contributed by atoms with van der Waals surface area (Å²) in [5, 5.41) is 2.58. The Hall–Kier alpha value is -3.15. The molecule has 0 spiro atoms. The van der Waals surface area contributed by atoms with Crippen LogP contribution >= 0.6 is 28.1 Å². The summed E-state index contributed by atoms with van der Waals surface area (Å²) in [5.74, 6) is 2.12. The largest absolute Gasteiger partial charge is 0.493 e. The summed E-state index contributed by atoms with van der Waals surface area (Å²) >= 11 is 8.59. The van der Waals surface area contributed by atoms with E-state index in [-0.39, 0.29) is 17.3 Å². The van der Waals surface area contributed by atoms with Gasteiger partial charge in [-0.3, -0.25) is 19.8 Å². The maximum Gasteiger partial charge on any atom is 0.270 e. The number of terminal acetylenes is 1. The van der Waals surface area contributed by atoms with Crippen LogP contribution in [-0.2, 0) is 9.59 Å². The molecule has 0 saturated carbocycles. The molecule has 0 radical (unpaired) electrons. The molecule has 0 unspecified atom stereocenters. The predicted molar refractivity (Wildman–Crippen MR) is 118 cm³/mol. The molecule has 2 aromatic rings. The fourth-order valence-electron chi connectivity index (χ4n) is 2.71. The molecular weight excluding hydrogens is 456 g/mol. The van der Waals surface area contributed by atoms with Gasteiger partial charge >= 0.3 is 0 Å². The van der Waals surface area contributed by atoms with Crippen molar-refractivity contribution in [3.05, 3.63) is 58.1 Å².